The summed E-state index contributed by atoms with van der Waals surface area (Å²) >= 11 is -1.81. The van der Waals surface area contributed by atoms with E-state index in [2.05, 4.69) is 6.92 Å². The van der Waals surface area contributed by atoms with Gasteiger partial charge < -0.3 is 9.29 Å². The zero-order chi connectivity index (χ0) is 11.7. The van der Waals surface area contributed by atoms with Crippen LogP contribution in [0.1, 0.15) is 46.0 Å². The molecule has 0 spiro atoms. The number of carbonyl (C=O) groups excluding carboxylic acids is 1. The molecule has 0 aromatic heterocycles. The topological polar surface area (TPSA) is 63.6 Å². The number of hydrogen-bond acceptors (Lipinski definition) is 3. The summed E-state index contributed by atoms with van der Waals surface area (Å²) in [5, 5.41) is 0. The Balaban J connectivity index is 3.50. The molecule has 0 aliphatic heterocycles. The first-order valence-electron chi connectivity index (χ1n) is 5.33. The molecule has 0 amide bonds. The van der Waals surface area contributed by atoms with Crippen LogP contribution in [0.4, 0.5) is 0 Å². The van der Waals surface area contributed by atoms with Gasteiger partial charge in [0, 0.05) is 12.2 Å². The smallest absolute Gasteiger partial charge is 0.306 e. The molecule has 0 heterocycles. The summed E-state index contributed by atoms with van der Waals surface area (Å²) in [4.78, 5) is 11.2. The van der Waals surface area contributed by atoms with E-state index in [1.165, 1.54) is 0 Å². The number of rotatable bonds is 8. The lowest BCUT2D eigenvalue weighted by atomic mass is 10.2. The molecule has 2 atom stereocenters. The SMILES string of the molecule is CCCCC(C)OC(=O)CCCS(=O)O. The minimum absolute atomic E-state index is 0.0444. The van der Waals surface area contributed by atoms with Gasteiger partial charge in [0.2, 0.25) is 0 Å². The van der Waals surface area contributed by atoms with Crippen molar-refractivity contribution in [2.45, 2.75) is 52.1 Å². The maximum Gasteiger partial charge on any atom is 0.306 e. The molecule has 0 radical (unpaired) electrons. The predicted molar refractivity (Wildman–Crippen MR) is 60.0 cm³/mol. The number of esters is 1. The van der Waals surface area contributed by atoms with Crippen LogP contribution in [0.2, 0.25) is 0 Å². The van der Waals surface area contributed by atoms with Crippen LogP contribution in [0.25, 0.3) is 0 Å². The van der Waals surface area contributed by atoms with Gasteiger partial charge in [0.15, 0.2) is 11.1 Å². The highest BCUT2D eigenvalue weighted by Crippen LogP contribution is 2.06. The van der Waals surface area contributed by atoms with Crippen molar-refractivity contribution < 1.29 is 18.3 Å². The number of carbonyl (C=O) groups is 1. The maximum absolute atomic E-state index is 11.2. The van der Waals surface area contributed by atoms with Crippen molar-refractivity contribution in [2.75, 3.05) is 5.75 Å². The second kappa shape index (κ2) is 8.85. The lowest BCUT2D eigenvalue weighted by Gasteiger charge is -2.12. The fourth-order valence-electron chi connectivity index (χ4n) is 1.17. The van der Waals surface area contributed by atoms with Crippen LogP contribution in [0.5, 0.6) is 0 Å². The molecule has 4 nitrogen and oxygen atoms in total. The first-order valence-corrected chi connectivity index (χ1v) is 6.60. The van der Waals surface area contributed by atoms with Crippen molar-refractivity contribution in [1.82, 2.24) is 0 Å². The van der Waals surface area contributed by atoms with Crippen LogP contribution < -0.4 is 0 Å². The predicted octanol–water partition coefficient (Wildman–Crippen LogP) is 2.11. The van der Waals surface area contributed by atoms with E-state index in [0.717, 1.165) is 19.3 Å². The highest BCUT2D eigenvalue weighted by Gasteiger charge is 2.09. The Morgan fingerprint density at radius 3 is 2.67 bits per heavy atom. The zero-order valence-electron chi connectivity index (χ0n) is 9.40. The maximum atomic E-state index is 11.2. The first kappa shape index (κ1) is 14.6. The fourth-order valence-corrected chi connectivity index (χ4v) is 1.57. The Morgan fingerprint density at radius 2 is 2.13 bits per heavy atom. The van der Waals surface area contributed by atoms with E-state index in [0.29, 0.717) is 6.42 Å². The lowest BCUT2D eigenvalue weighted by molar-refractivity contribution is -0.148. The summed E-state index contributed by atoms with van der Waals surface area (Å²) in [5.41, 5.74) is 0. The Kier molecular flexibility index (Phi) is 8.61. The van der Waals surface area contributed by atoms with E-state index in [4.69, 9.17) is 9.29 Å². The third-order valence-electron chi connectivity index (χ3n) is 2.00. The van der Waals surface area contributed by atoms with Gasteiger partial charge in [0.05, 0.1) is 6.10 Å². The van der Waals surface area contributed by atoms with E-state index in [1.807, 2.05) is 6.92 Å². The van der Waals surface area contributed by atoms with Crippen molar-refractivity contribution in [2.24, 2.45) is 0 Å². The van der Waals surface area contributed by atoms with Crippen molar-refractivity contribution in [3.63, 3.8) is 0 Å². The van der Waals surface area contributed by atoms with Gasteiger partial charge >= 0.3 is 5.97 Å². The number of ether oxygens (including phenoxy) is 1. The highest BCUT2D eigenvalue weighted by atomic mass is 32.2. The zero-order valence-corrected chi connectivity index (χ0v) is 10.2. The van der Waals surface area contributed by atoms with Gasteiger partial charge in [-0.15, -0.1) is 0 Å². The lowest BCUT2D eigenvalue weighted by Crippen LogP contribution is -2.15. The molecule has 0 aromatic rings. The van der Waals surface area contributed by atoms with Crippen molar-refractivity contribution in [3.8, 4) is 0 Å². The van der Waals surface area contributed by atoms with Gasteiger partial charge in [-0.05, 0) is 19.8 Å². The monoisotopic (exact) mass is 236 g/mol. The third-order valence-corrected chi connectivity index (χ3v) is 2.63. The summed E-state index contributed by atoms with van der Waals surface area (Å²) in [6.07, 6.45) is 3.61. The van der Waals surface area contributed by atoms with Crippen LogP contribution in [-0.4, -0.2) is 26.6 Å². The van der Waals surface area contributed by atoms with Crippen LogP contribution >= 0.6 is 0 Å². The molecule has 1 N–H and O–H groups in total. The minimum atomic E-state index is -1.81. The summed E-state index contributed by atoms with van der Waals surface area (Å²) in [6, 6.07) is 0. The van der Waals surface area contributed by atoms with Crippen LogP contribution in [0.15, 0.2) is 0 Å². The Bertz CT molecular complexity index is 206. The third kappa shape index (κ3) is 9.87. The molecule has 0 aliphatic rings. The molecule has 0 bridgehead atoms. The van der Waals surface area contributed by atoms with Gasteiger partial charge in [-0.1, -0.05) is 19.8 Å². The molecule has 0 saturated carbocycles. The Labute approximate surface area is 93.7 Å². The molecule has 0 aromatic carbocycles. The Morgan fingerprint density at radius 1 is 1.47 bits per heavy atom. The van der Waals surface area contributed by atoms with Crippen molar-refractivity contribution in [1.29, 1.82) is 0 Å². The summed E-state index contributed by atoms with van der Waals surface area (Å²) in [6.45, 7) is 3.96. The molecule has 0 aliphatic carbocycles. The number of unbranched alkanes of at least 4 members (excludes halogenated alkanes) is 1. The van der Waals surface area contributed by atoms with Crippen LogP contribution in [0, 0.1) is 0 Å². The molecular formula is C10H20O4S. The second-order valence-electron chi connectivity index (χ2n) is 3.57. The average Bonchev–Trinajstić information content (AvgIpc) is 2.14. The molecule has 2 unspecified atom stereocenters. The van der Waals surface area contributed by atoms with Gasteiger partial charge in [-0.25, -0.2) is 4.21 Å². The average molecular weight is 236 g/mol. The van der Waals surface area contributed by atoms with Gasteiger partial charge in [0.1, 0.15) is 0 Å². The normalized spacial score (nSPS) is 14.6. The van der Waals surface area contributed by atoms with E-state index < -0.39 is 11.1 Å². The largest absolute Gasteiger partial charge is 0.463 e. The van der Waals surface area contributed by atoms with E-state index >= 15 is 0 Å². The Hall–Kier alpha value is -0.420. The molecule has 0 fully saturated rings. The molecule has 0 saturated heterocycles. The van der Waals surface area contributed by atoms with Gasteiger partial charge in [-0.2, -0.15) is 0 Å². The molecule has 0 rings (SSSR count). The van der Waals surface area contributed by atoms with E-state index in [9.17, 15) is 9.00 Å². The second-order valence-corrected chi connectivity index (χ2v) is 4.62. The summed E-state index contributed by atoms with van der Waals surface area (Å²) < 4.78 is 23.9. The van der Waals surface area contributed by atoms with Crippen molar-refractivity contribution >= 4 is 17.0 Å². The minimum Gasteiger partial charge on any atom is -0.463 e. The standard InChI is InChI=1S/C10H20O4S/c1-3-4-6-9(2)14-10(11)7-5-8-15(12)13/h9H,3-8H2,1-2H3,(H,12,13). The van der Waals surface area contributed by atoms with E-state index in [-0.39, 0.29) is 24.2 Å². The van der Waals surface area contributed by atoms with Gasteiger partial charge in [-0.3, -0.25) is 4.79 Å². The van der Waals surface area contributed by atoms with Gasteiger partial charge in [0.25, 0.3) is 0 Å². The quantitative estimate of drug-likeness (QED) is 0.518. The van der Waals surface area contributed by atoms with Crippen LogP contribution in [0.3, 0.4) is 0 Å². The number of hydrogen-bond donors (Lipinski definition) is 1. The first-order chi connectivity index (χ1) is 7.06. The molecular weight excluding hydrogens is 216 g/mol. The summed E-state index contributed by atoms with van der Waals surface area (Å²) in [5.74, 6) is -0.137. The summed E-state index contributed by atoms with van der Waals surface area (Å²) in [7, 11) is 0. The molecule has 90 valence electrons. The van der Waals surface area contributed by atoms with E-state index in [1.54, 1.807) is 0 Å². The molecule has 5 heteroatoms. The van der Waals surface area contributed by atoms with Crippen LogP contribution in [-0.2, 0) is 20.6 Å². The highest BCUT2D eigenvalue weighted by molar-refractivity contribution is 7.79. The molecule has 15 heavy (non-hydrogen) atoms. The van der Waals surface area contributed by atoms with Crippen molar-refractivity contribution in [3.05, 3.63) is 0 Å². The fraction of sp³-hybridized carbons (Fsp3) is 0.900.